The highest BCUT2D eigenvalue weighted by Gasteiger charge is 1.99. The maximum absolute atomic E-state index is 5.75. The van der Waals surface area contributed by atoms with Gasteiger partial charge in [0.1, 0.15) is 0 Å². The molecular formula is C20H26IN3O. The third-order valence-corrected chi connectivity index (χ3v) is 3.50. The quantitative estimate of drug-likeness (QED) is 0.277. The summed E-state index contributed by atoms with van der Waals surface area (Å²) in [7, 11) is 1.76. The van der Waals surface area contributed by atoms with Gasteiger partial charge in [0.25, 0.3) is 0 Å². The molecule has 0 heterocycles. The molecule has 2 aromatic rings. The van der Waals surface area contributed by atoms with E-state index in [1.54, 1.807) is 13.1 Å². The maximum atomic E-state index is 5.75. The smallest absolute Gasteiger partial charge is 0.191 e. The van der Waals surface area contributed by atoms with E-state index in [0.29, 0.717) is 19.8 Å². The number of nitrogens with one attached hydrogen (secondary N) is 2. The van der Waals surface area contributed by atoms with Gasteiger partial charge in [0.15, 0.2) is 5.96 Å². The number of aliphatic imine (C=N–C) groups is 1. The second-order valence-electron chi connectivity index (χ2n) is 5.39. The number of benzene rings is 2. The molecule has 2 N–H and O–H groups in total. The number of hydrogen-bond acceptors (Lipinski definition) is 2. The summed E-state index contributed by atoms with van der Waals surface area (Å²) in [6.45, 7) is 6.35. The Hall–Kier alpha value is -1.86. The lowest BCUT2D eigenvalue weighted by Gasteiger charge is -2.11. The van der Waals surface area contributed by atoms with E-state index in [2.05, 4.69) is 58.6 Å². The van der Waals surface area contributed by atoms with Gasteiger partial charge in [-0.15, -0.1) is 30.6 Å². The van der Waals surface area contributed by atoms with Crippen LogP contribution in [-0.2, 0) is 24.5 Å². The summed E-state index contributed by atoms with van der Waals surface area (Å²) in [6, 6.07) is 18.6. The molecule has 0 fully saturated rings. The molecule has 0 unspecified atom stereocenters. The average molecular weight is 451 g/mol. The Kier molecular flexibility index (Phi) is 10.6. The van der Waals surface area contributed by atoms with Gasteiger partial charge in [-0.2, -0.15) is 0 Å². The zero-order valence-corrected chi connectivity index (χ0v) is 16.9. The Balaban J connectivity index is 0.00000312. The van der Waals surface area contributed by atoms with Crippen LogP contribution in [0.3, 0.4) is 0 Å². The van der Waals surface area contributed by atoms with E-state index in [9.17, 15) is 0 Å². The van der Waals surface area contributed by atoms with E-state index in [1.165, 1.54) is 16.7 Å². The summed E-state index contributed by atoms with van der Waals surface area (Å²) in [6.07, 6.45) is 1.80. The molecule has 5 heteroatoms. The van der Waals surface area contributed by atoms with Crippen LogP contribution in [0.4, 0.5) is 0 Å². The molecule has 0 bridgehead atoms. The van der Waals surface area contributed by atoms with E-state index in [0.717, 1.165) is 12.5 Å². The van der Waals surface area contributed by atoms with Gasteiger partial charge in [0, 0.05) is 20.1 Å². The molecule has 2 rings (SSSR count). The van der Waals surface area contributed by atoms with Crippen molar-refractivity contribution in [3.05, 3.63) is 83.9 Å². The van der Waals surface area contributed by atoms with Gasteiger partial charge in [-0.25, -0.2) is 0 Å². The minimum atomic E-state index is 0. The van der Waals surface area contributed by atoms with Crippen molar-refractivity contribution in [2.75, 3.05) is 13.6 Å². The first-order valence-corrected chi connectivity index (χ1v) is 8.06. The minimum Gasteiger partial charge on any atom is -0.372 e. The average Bonchev–Trinajstić information content (AvgIpc) is 2.64. The standard InChI is InChI=1S/C20H25N3O.HI/c1-3-13-22-20(21-2)23-14-17-9-11-19(12-10-17)16-24-15-18-7-5-4-6-8-18;/h3-12H,1,13-16H2,2H3,(H2,21,22,23);1H. The summed E-state index contributed by atoms with van der Waals surface area (Å²) < 4.78 is 5.75. The second-order valence-corrected chi connectivity index (χ2v) is 5.39. The molecule has 0 radical (unpaired) electrons. The molecule has 0 amide bonds. The van der Waals surface area contributed by atoms with Gasteiger partial charge < -0.3 is 15.4 Å². The van der Waals surface area contributed by atoms with Gasteiger partial charge in [0.2, 0.25) is 0 Å². The fraction of sp³-hybridized carbons (Fsp3) is 0.250. The van der Waals surface area contributed by atoms with Crippen molar-refractivity contribution in [3.63, 3.8) is 0 Å². The SMILES string of the molecule is C=CCNC(=NC)NCc1ccc(COCc2ccccc2)cc1.I. The molecule has 0 atom stereocenters. The fourth-order valence-corrected chi connectivity index (χ4v) is 2.19. The normalized spacial score (nSPS) is 10.7. The van der Waals surface area contributed by atoms with Crippen molar-refractivity contribution in [2.24, 2.45) is 4.99 Å². The Bertz CT molecular complexity index is 642. The van der Waals surface area contributed by atoms with Gasteiger partial charge in [-0.1, -0.05) is 60.7 Å². The molecule has 0 aliphatic carbocycles. The number of ether oxygens (including phenoxy) is 1. The Morgan fingerprint density at radius 1 is 0.960 bits per heavy atom. The molecule has 25 heavy (non-hydrogen) atoms. The van der Waals surface area contributed by atoms with Crippen molar-refractivity contribution in [2.45, 2.75) is 19.8 Å². The van der Waals surface area contributed by atoms with Crippen LogP contribution >= 0.6 is 24.0 Å². The molecule has 4 nitrogen and oxygen atoms in total. The van der Waals surface area contributed by atoms with Crippen LogP contribution in [0.15, 0.2) is 72.2 Å². The van der Waals surface area contributed by atoms with Crippen LogP contribution in [0.1, 0.15) is 16.7 Å². The van der Waals surface area contributed by atoms with E-state index < -0.39 is 0 Å². The zero-order chi connectivity index (χ0) is 17.0. The lowest BCUT2D eigenvalue weighted by molar-refractivity contribution is 0.107. The van der Waals surface area contributed by atoms with Gasteiger partial charge in [-0.05, 0) is 16.7 Å². The second kappa shape index (κ2) is 12.5. The predicted octanol–water partition coefficient (Wildman–Crippen LogP) is 3.87. The zero-order valence-electron chi connectivity index (χ0n) is 14.6. The van der Waals surface area contributed by atoms with Crippen LogP contribution in [0.2, 0.25) is 0 Å². The molecular weight excluding hydrogens is 425 g/mol. The van der Waals surface area contributed by atoms with Crippen LogP contribution < -0.4 is 10.6 Å². The fourth-order valence-electron chi connectivity index (χ4n) is 2.19. The molecule has 0 aliphatic heterocycles. The Morgan fingerprint density at radius 2 is 1.56 bits per heavy atom. The molecule has 0 saturated carbocycles. The highest BCUT2D eigenvalue weighted by Crippen LogP contribution is 2.08. The monoisotopic (exact) mass is 451 g/mol. The number of rotatable bonds is 8. The Morgan fingerprint density at radius 3 is 2.16 bits per heavy atom. The van der Waals surface area contributed by atoms with Crippen LogP contribution in [0.25, 0.3) is 0 Å². The third kappa shape index (κ3) is 8.18. The molecule has 0 aromatic heterocycles. The van der Waals surface area contributed by atoms with Gasteiger partial charge in [0.05, 0.1) is 13.2 Å². The van der Waals surface area contributed by atoms with Gasteiger partial charge >= 0.3 is 0 Å². The first-order valence-electron chi connectivity index (χ1n) is 8.06. The first kappa shape index (κ1) is 21.2. The number of guanidine groups is 1. The first-order chi connectivity index (χ1) is 11.8. The number of hydrogen-bond donors (Lipinski definition) is 2. The highest BCUT2D eigenvalue weighted by atomic mass is 127. The summed E-state index contributed by atoms with van der Waals surface area (Å²) in [5.74, 6) is 0.769. The lowest BCUT2D eigenvalue weighted by Crippen LogP contribution is -2.36. The lowest BCUT2D eigenvalue weighted by atomic mass is 10.1. The van der Waals surface area contributed by atoms with E-state index >= 15 is 0 Å². The van der Waals surface area contributed by atoms with Crippen LogP contribution in [0.5, 0.6) is 0 Å². The van der Waals surface area contributed by atoms with Gasteiger partial charge in [-0.3, -0.25) is 4.99 Å². The van der Waals surface area contributed by atoms with Crippen molar-refractivity contribution in [3.8, 4) is 0 Å². The largest absolute Gasteiger partial charge is 0.372 e. The van der Waals surface area contributed by atoms with E-state index in [4.69, 9.17) is 4.74 Å². The highest BCUT2D eigenvalue weighted by molar-refractivity contribution is 14.0. The number of nitrogens with zero attached hydrogens (tertiary/aromatic N) is 1. The topological polar surface area (TPSA) is 45.7 Å². The van der Waals surface area contributed by atoms with Crippen molar-refractivity contribution < 1.29 is 4.74 Å². The predicted molar refractivity (Wildman–Crippen MR) is 115 cm³/mol. The Labute approximate surface area is 167 Å². The molecule has 134 valence electrons. The summed E-state index contributed by atoms with van der Waals surface area (Å²) in [5, 5.41) is 6.41. The number of halogens is 1. The minimum absolute atomic E-state index is 0. The molecule has 0 spiro atoms. The van der Waals surface area contributed by atoms with Crippen LogP contribution in [0, 0.1) is 0 Å². The third-order valence-electron chi connectivity index (χ3n) is 3.50. The molecule has 0 aliphatic rings. The van der Waals surface area contributed by atoms with Crippen molar-refractivity contribution in [1.82, 2.24) is 10.6 Å². The van der Waals surface area contributed by atoms with Crippen LogP contribution in [-0.4, -0.2) is 19.6 Å². The summed E-state index contributed by atoms with van der Waals surface area (Å²) >= 11 is 0. The van der Waals surface area contributed by atoms with Crippen molar-refractivity contribution >= 4 is 29.9 Å². The maximum Gasteiger partial charge on any atom is 0.191 e. The molecule has 2 aromatic carbocycles. The summed E-state index contributed by atoms with van der Waals surface area (Å²) in [5.41, 5.74) is 3.56. The van der Waals surface area contributed by atoms with E-state index in [1.807, 2.05) is 18.2 Å². The van der Waals surface area contributed by atoms with E-state index in [-0.39, 0.29) is 24.0 Å². The summed E-state index contributed by atoms with van der Waals surface area (Å²) in [4.78, 5) is 4.15. The molecule has 0 saturated heterocycles. The van der Waals surface area contributed by atoms with Crippen molar-refractivity contribution in [1.29, 1.82) is 0 Å².